The summed E-state index contributed by atoms with van der Waals surface area (Å²) < 4.78 is 26.6. The number of carbonyl (C=O) groups excluding carboxylic acids is 1. The minimum absolute atomic E-state index is 0.0306. The molecule has 0 N–H and O–H groups in total. The molecular formula is C17H19FN2O3. The van der Waals surface area contributed by atoms with Gasteiger partial charge in [-0.1, -0.05) is 0 Å². The van der Waals surface area contributed by atoms with Gasteiger partial charge in [0.05, 0.1) is 13.2 Å². The number of halogens is 1. The SMILES string of the molecule is Cn1c(C(=O)N2CCC3(CC2)OCCO3)cc2cc(F)ccc21. The maximum absolute atomic E-state index is 13.4. The fourth-order valence-electron chi connectivity index (χ4n) is 3.52. The van der Waals surface area contributed by atoms with Gasteiger partial charge in [0.15, 0.2) is 5.79 Å². The van der Waals surface area contributed by atoms with Gasteiger partial charge in [-0.3, -0.25) is 4.79 Å². The van der Waals surface area contributed by atoms with Crippen LogP contribution >= 0.6 is 0 Å². The lowest BCUT2D eigenvalue weighted by Gasteiger charge is -2.37. The zero-order valence-corrected chi connectivity index (χ0v) is 13.0. The van der Waals surface area contributed by atoms with E-state index in [1.807, 2.05) is 16.5 Å². The van der Waals surface area contributed by atoms with Crippen LogP contribution in [0.2, 0.25) is 0 Å². The Balaban J connectivity index is 1.56. The number of nitrogens with zero attached hydrogens (tertiary/aromatic N) is 2. The Hall–Kier alpha value is -1.92. The molecule has 0 bridgehead atoms. The van der Waals surface area contributed by atoms with Crippen LogP contribution in [0.4, 0.5) is 4.39 Å². The maximum atomic E-state index is 13.4. The van der Waals surface area contributed by atoms with Crippen molar-refractivity contribution in [2.45, 2.75) is 18.6 Å². The van der Waals surface area contributed by atoms with E-state index in [0.29, 0.717) is 44.8 Å². The van der Waals surface area contributed by atoms with E-state index >= 15 is 0 Å². The summed E-state index contributed by atoms with van der Waals surface area (Å²) in [5, 5.41) is 0.742. The Morgan fingerprint density at radius 1 is 1.17 bits per heavy atom. The number of likely N-dealkylation sites (tertiary alicyclic amines) is 1. The van der Waals surface area contributed by atoms with Gasteiger partial charge in [-0.15, -0.1) is 0 Å². The number of aryl methyl sites for hydroxylation is 1. The summed E-state index contributed by atoms with van der Waals surface area (Å²) in [6.07, 6.45) is 1.38. The lowest BCUT2D eigenvalue weighted by atomic mass is 10.0. The van der Waals surface area contributed by atoms with Gasteiger partial charge in [-0.05, 0) is 24.3 Å². The van der Waals surface area contributed by atoms with Gasteiger partial charge in [-0.2, -0.15) is 0 Å². The molecule has 6 heteroatoms. The Morgan fingerprint density at radius 2 is 1.87 bits per heavy atom. The third-order valence-electron chi connectivity index (χ3n) is 4.85. The van der Waals surface area contributed by atoms with Crippen LogP contribution < -0.4 is 0 Å². The van der Waals surface area contributed by atoms with Gasteiger partial charge in [0, 0.05) is 43.9 Å². The molecule has 3 heterocycles. The van der Waals surface area contributed by atoms with E-state index in [0.717, 1.165) is 10.9 Å². The molecule has 0 atom stereocenters. The largest absolute Gasteiger partial charge is 0.347 e. The first kappa shape index (κ1) is 14.7. The van der Waals surface area contributed by atoms with Gasteiger partial charge >= 0.3 is 0 Å². The van der Waals surface area contributed by atoms with Crippen molar-refractivity contribution in [2.75, 3.05) is 26.3 Å². The van der Waals surface area contributed by atoms with Crippen molar-refractivity contribution in [1.82, 2.24) is 9.47 Å². The van der Waals surface area contributed by atoms with Crippen molar-refractivity contribution < 1.29 is 18.7 Å². The van der Waals surface area contributed by atoms with Crippen LogP contribution in [0.3, 0.4) is 0 Å². The first-order chi connectivity index (χ1) is 11.1. The molecule has 5 nitrogen and oxygen atoms in total. The van der Waals surface area contributed by atoms with E-state index in [4.69, 9.17) is 9.47 Å². The number of amides is 1. The molecule has 1 aromatic heterocycles. The molecule has 1 amide bonds. The summed E-state index contributed by atoms with van der Waals surface area (Å²) in [6.45, 7) is 2.47. The Bertz CT molecular complexity index is 755. The predicted octanol–water partition coefficient (Wildman–Crippen LogP) is 2.30. The second-order valence-corrected chi connectivity index (χ2v) is 6.19. The second kappa shape index (κ2) is 5.32. The van der Waals surface area contributed by atoms with Crippen molar-refractivity contribution >= 4 is 16.8 Å². The lowest BCUT2D eigenvalue weighted by Crippen LogP contribution is -2.47. The monoisotopic (exact) mass is 318 g/mol. The average Bonchev–Trinajstić information content (AvgIpc) is 3.13. The summed E-state index contributed by atoms with van der Waals surface area (Å²) in [5.74, 6) is -0.812. The Kier molecular flexibility index (Phi) is 3.39. The van der Waals surface area contributed by atoms with Gasteiger partial charge < -0.3 is 18.9 Å². The van der Waals surface area contributed by atoms with E-state index in [1.54, 1.807) is 12.1 Å². The molecule has 2 saturated heterocycles. The summed E-state index contributed by atoms with van der Waals surface area (Å²) >= 11 is 0. The van der Waals surface area contributed by atoms with Crippen LogP contribution in [-0.2, 0) is 16.5 Å². The van der Waals surface area contributed by atoms with Crippen LogP contribution in [0.5, 0.6) is 0 Å². The number of fused-ring (bicyclic) bond motifs is 1. The molecule has 2 aliphatic rings. The molecule has 0 unspecified atom stereocenters. The Labute approximate surface area is 133 Å². The fraction of sp³-hybridized carbons (Fsp3) is 0.471. The van der Waals surface area contributed by atoms with E-state index in [2.05, 4.69) is 0 Å². The molecule has 122 valence electrons. The minimum Gasteiger partial charge on any atom is -0.347 e. The van der Waals surface area contributed by atoms with Crippen LogP contribution in [0.25, 0.3) is 10.9 Å². The van der Waals surface area contributed by atoms with Crippen molar-refractivity contribution in [1.29, 1.82) is 0 Å². The van der Waals surface area contributed by atoms with Gasteiger partial charge in [0.2, 0.25) is 0 Å². The van der Waals surface area contributed by atoms with Crippen LogP contribution in [-0.4, -0.2) is 47.5 Å². The normalized spacial score (nSPS) is 20.5. The van der Waals surface area contributed by atoms with Gasteiger partial charge in [-0.25, -0.2) is 4.39 Å². The highest BCUT2D eigenvalue weighted by molar-refractivity contribution is 5.98. The van der Waals surface area contributed by atoms with Crippen LogP contribution in [0.15, 0.2) is 24.3 Å². The molecule has 4 rings (SSSR count). The summed E-state index contributed by atoms with van der Waals surface area (Å²) in [6, 6.07) is 6.33. The van der Waals surface area contributed by atoms with E-state index in [1.165, 1.54) is 12.1 Å². The summed E-state index contributed by atoms with van der Waals surface area (Å²) in [5.41, 5.74) is 1.43. The average molecular weight is 318 g/mol. The van der Waals surface area contributed by atoms with E-state index in [-0.39, 0.29) is 11.7 Å². The van der Waals surface area contributed by atoms with E-state index < -0.39 is 5.79 Å². The number of ether oxygens (including phenoxy) is 2. The van der Waals surface area contributed by atoms with Gasteiger partial charge in [0.25, 0.3) is 5.91 Å². The topological polar surface area (TPSA) is 43.7 Å². The van der Waals surface area contributed by atoms with E-state index in [9.17, 15) is 9.18 Å². The number of aromatic nitrogens is 1. The third-order valence-corrected chi connectivity index (χ3v) is 4.85. The van der Waals surface area contributed by atoms with Crippen LogP contribution in [0, 0.1) is 5.82 Å². The smallest absolute Gasteiger partial charge is 0.270 e. The molecule has 1 aromatic carbocycles. The fourth-order valence-corrected chi connectivity index (χ4v) is 3.52. The molecule has 2 aliphatic heterocycles. The van der Waals surface area contributed by atoms with Crippen LogP contribution in [0.1, 0.15) is 23.3 Å². The molecule has 0 aliphatic carbocycles. The molecule has 2 aromatic rings. The number of carbonyl (C=O) groups is 1. The number of hydrogen-bond acceptors (Lipinski definition) is 3. The molecule has 0 radical (unpaired) electrons. The standard InChI is InChI=1S/C17H19FN2O3/c1-19-14-3-2-13(18)10-12(14)11-15(19)16(21)20-6-4-17(5-7-20)22-8-9-23-17/h2-3,10-11H,4-9H2,1H3. The summed E-state index contributed by atoms with van der Waals surface area (Å²) in [4.78, 5) is 14.6. The molecular weight excluding hydrogens is 299 g/mol. The highest BCUT2D eigenvalue weighted by Gasteiger charge is 2.41. The Morgan fingerprint density at radius 3 is 2.57 bits per heavy atom. The van der Waals surface area contributed by atoms with Gasteiger partial charge in [0.1, 0.15) is 11.5 Å². The van der Waals surface area contributed by atoms with Crippen molar-refractivity contribution in [3.05, 3.63) is 35.8 Å². The lowest BCUT2D eigenvalue weighted by molar-refractivity contribution is -0.181. The zero-order chi connectivity index (χ0) is 16.0. The van der Waals surface area contributed by atoms with Crippen molar-refractivity contribution in [2.24, 2.45) is 7.05 Å². The minimum atomic E-state index is -0.487. The van der Waals surface area contributed by atoms with Crippen molar-refractivity contribution in [3.63, 3.8) is 0 Å². The predicted molar refractivity (Wildman–Crippen MR) is 82.6 cm³/mol. The molecule has 23 heavy (non-hydrogen) atoms. The maximum Gasteiger partial charge on any atom is 0.270 e. The summed E-state index contributed by atoms with van der Waals surface area (Å²) in [7, 11) is 1.84. The third kappa shape index (κ3) is 2.42. The number of benzene rings is 1. The number of piperidine rings is 1. The first-order valence-electron chi connectivity index (χ1n) is 7.90. The molecule has 0 saturated carbocycles. The zero-order valence-electron chi connectivity index (χ0n) is 13.0. The quantitative estimate of drug-likeness (QED) is 0.810. The molecule has 1 spiro atoms. The number of hydrogen-bond donors (Lipinski definition) is 0. The number of rotatable bonds is 1. The van der Waals surface area contributed by atoms with Crippen molar-refractivity contribution in [3.8, 4) is 0 Å². The second-order valence-electron chi connectivity index (χ2n) is 6.19. The highest BCUT2D eigenvalue weighted by atomic mass is 19.1. The first-order valence-corrected chi connectivity index (χ1v) is 7.90. The highest BCUT2D eigenvalue weighted by Crippen LogP contribution is 2.32. The molecule has 2 fully saturated rings.